The maximum atomic E-state index is 13.4. The molecule has 0 radical (unpaired) electrons. The van der Waals surface area contributed by atoms with Crippen LogP contribution in [0.3, 0.4) is 0 Å². The summed E-state index contributed by atoms with van der Waals surface area (Å²) < 4.78 is 15.2. The predicted octanol–water partition coefficient (Wildman–Crippen LogP) is 4.64. The molecular formula is C15H14Br2FN. The molecule has 0 aliphatic heterocycles. The molecule has 0 aromatic heterocycles. The summed E-state index contributed by atoms with van der Waals surface area (Å²) >= 11 is 6.77. The maximum absolute atomic E-state index is 13.4. The van der Waals surface area contributed by atoms with Gasteiger partial charge in [0, 0.05) is 14.9 Å². The van der Waals surface area contributed by atoms with Crippen LogP contribution in [0.4, 0.5) is 4.39 Å². The topological polar surface area (TPSA) is 26.0 Å². The van der Waals surface area contributed by atoms with Gasteiger partial charge in [-0.1, -0.05) is 44.0 Å². The van der Waals surface area contributed by atoms with Crippen molar-refractivity contribution in [3.8, 4) is 0 Å². The number of benzene rings is 2. The molecule has 1 nitrogen and oxygen atoms in total. The predicted molar refractivity (Wildman–Crippen MR) is 83.7 cm³/mol. The van der Waals surface area contributed by atoms with E-state index < -0.39 is 0 Å². The van der Waals surface area contributed by atoms with Gasteiger partial charge >= 0.3 is 0 Å². The second kappa shape index (κ2) is 6.64. The van der Waals surface area contributed by atoms with E-state index in [1.54, 1.807) is 6.07 Å². The lowest BCUT2D eigenvalue weighted by Crippen LogP contribution is -2.15. The van der Waals surface area contributed by atoms with E-state index in [9.17, 15) is 4.39 Å². The van der Waals surface area contributed by atoms with E-state index in [-0.39, 0.29) is 11.7 Å². The summed E-state index contributed by atoms with van der Waals surface area (Å²) in [5.74, 6) is -0.0411. The van der Waals surface area contributed by atoms with Gasteiger partial charge in [0.1, 0.15) is 5.82 Å². The quantitative estimate of drug-likeness (QED) is 0.813. The van der Waals surface area contributed by atoms with Gasteiger partial charge in [-0.25, -0.2) is 4.39 Å². The molecule has 2 aromatic rings. The molecule has 100 valence electrons. The Morgan fingerprint density at radius 2 is 1.84 bits per heavy atom. The molecule has 19 heavy (non-hydrogen) atoms. The Hall–Kier alpha value is -0.710. The second-order valence-corrected chi connectivity index (χ2v) is 6.30. The number of hydrogen-bond acceptors (Lipinski definition) is 1. The van der Waals surface area contributed by atoms with Gasteiger partial charge in [0.05, 0.1) is 0 Å². The maximum Gasteiger partial charge on any atom is 0.124 e. The summed E-state index contributed by atoms with van der Waals surface area (Å²) in [4.78, 5) is 0. The van der Waals surface area contributed by atoms with Gasteiger partial charge in [-0.3, -0.25) is 0 Å². The Morgan fingerprint density at radius 3 is 2.47 bits per heavy atom. The van der Waals surface area contributed by atoms with Gasteiger partial charge in [-0.2, -0.15) is 0 Å². The number of hydrogen-bond donors (Lipinski definition) is 1. The number of nitrogens with two attached hydrogens (primary N) is 1. The van der Waals surface area contributed by atoms with Crippen LogP contribution in [-0.2, 0) is 6.42 Å². The lowest BCUT2D eigenvalue weighted by Gasteiger charge is -2.16. The van der Waals surface area contributed by atoms with Crippen LogP contribution in [0.2, 0.25) is 0 Å². The summed E-state index contributed by atoms with van der Waals surface area (Å²) in [6, 6.07) is 13.0. The Kier molecular flexibility index (Phi) is 5.13. The van der Waals surface area contributed by atoms with Crippen molar-refractivity contribution >= 4 is 31.9 Å². The zero-order valence-electron chi connectivity index (χ0n) is 10.2. The van der Waals surface area contributed by atoms with E-state index in [4.69, 9.17) is 5.73 Å². The van der Waals surface area contributed by atoms with Gasteiger partial charge in [0.2, 0.25) is 0 Å². The fourth-order valence-corrected chi connectivity index (χ4v) is 3.04. The zero-order valence-corrected chi connectivity index (χ0v) is 13.4. The van der Waals surface area contributed by atoms with Crippen molar-refractivity contribution in [2.45, 2.75) is 12.3 Å². The summed E-state index contributed by atoms with van der Waals surface area (Å²) in [6.45, 7) is 0.532. The van der Waals surface area contributed by atoms with Crippen molar-refractivity contribution in [2.24, 2.45) is 5.73 Å². The monoisotopic (exact) mass is 385 g/mol. The Balaban J connectivity index is 2.23. The minimum atomic E-state index is -0.227. The molecule has 2 aromatic carbocycles. The first-order chi connectivity index (χ1) is 9.08. The molecule has 0 aliphatic carbocycles. The summed E-state index contributed by atoms with van der Waals surface area (Å²) in [5.41, 5.74) is 7.97. The molecule has 0 amide bonds. The molecule has 0 saturated heterocycles. The van der Waals surface area contributed by atoms with Crippen molar-refractivity contribution in [2.75, 3.05) is 6.54 Å². The van der Waals surface area contributed by atoms with E-state index in [1.165, 1.54) is 6.07 Å². The molecular weight excluding hydrogens is 373 g/mol. The van der Waals surface area contributed by atoms with E-state index in [0.717, 1.165) is 26.5 Å². The highest BCUT2D eigenvalue weighted by molar-refractivity contribution is 9.10. The molecule has 0 heterocycles. The van der Waals surface area contributed by atoms with Gasteiger partial charge < -0.3 is 5.73 Å². The third-order valence-electron chi connectivity index (χ3n) is 3.01. The van der Waals surface area contributed by atoms with E-state index >= 15 is 0 Å². The highest BCUT2D eigenvalue weighted by Crippen LogP contribution is 2.25. The van der Waals surface area contributed by atoms with Crippen LogP contribution in [-0.4, -0.2) is 6.54 Å². The standard InChI is InChI=1S/C15H14Br2FN/c16-13-3-1-2-11(7-13)12(9-19)4-10-5-14(17)8-15(18)6-10/h1-3,5-8,12H,4,9,19H2. The van der Waals surface area contributed by atoms with Crippen molar-refractivity contribution < 1.29 is 4.39 Å². The minimum absolute atomic E-state index is 0.186. The van der Waals surface area contributed by atoms with Crippen LogP contribution in [0.5, 0.6) is 0 Å². The fraction of sp³-hybridized carbons (Fsp3) is 0.200. The summed E-state index contributed by atoms with van der Waals surface area (Å²) in [6.07, 6.45) is 0.726. The molecule has 0 bridgehead atoms. The van der Waals surface area contributed by atoms with Crippen molar-refractivity contribution in [1.29, 1.82) is 0 Å². The lowest BCUT2D eigenvalue weighted by molar-refractivity contribution is 0.619. The molecule has 0 aliphatic rings. The average molecular weight is 387 g/mol. The summed E-state index contributed by atoms with van der Waals surface area (Å²) in [5, 5.41) is 0. The molecule has 2 rings (SSSR count). The summed E-state index contributed by atoms with van der Waals surface area (Å²) in [7, 11) is 0. The van der Waals surface area contributed by atoms with E-state index in [1.807, 2.05) is 18.2 Å². The highest BCUT2D eigenvalue weighted by Gasteiger charge is 2.12. The number of halogens is 3. The molecule has 0 fully saturated rings. The molecule has 0 spiro atoms. The van der Waals surface area contributed by atoms with Gasteiger partial charge in [0.15, 0.2) is 0 Å². The minimum Gasteiger partial charge on any atom is -0.330 e. The smallest absolute Gasteiger partial charge is 0.124 e. The normalized spacial score (nSPS) is 12.4. The molecule has 1 atom stereocenters. The third-order valence-corrected chi connectivity index (χ3v) is 3.96. The van der Waals surface area contributed by atoms with Crippen LogP contribution in [0.1, 0.15) is 17.0 Å². The van der Waals surface area contributed by atoms with Crippen LogP contribution < -0.4 is 5.73 Å². The first kappa shape index (κ1) is 14.7. The van der Waals surface area contributed by atoms with Crippen molar-refractivity contribution in [3.05, 3.63) is 68.4 Å². The third kappa shape index (κ3) is 4.13. The van der Waals surface area contributed by atoms with Crippen LogP contribution in [0.15, 0.2) is 51.4 Å². The SMILES string of the molecule is NCC(Cc1cc(F)cc(Br)c1)c1cccc(Br)c1. The highest BCUT2D eigenvalue weighted by atomic mass is 79.9. The van der Waals surface area contributed by atoms with E-state index in [2.05, 4.69) is 44.0 Å². The van der Waals surface area contributed by atoms with Crippen LogP contribution in [0, 0.1) is 5.82 Å². The van der Waals surface area contributed by atoms with E-state index in [0.29, 0.717) is 6.54 Å². The average Bonchev–Trinajstić information content (AvgIpc) is 2.34. The van der Waals surface area contributed by atoms with Gasteiger partial charge in [-0.05, 0) is 54.4 Å². The van der Waals surface area contributed by atoms with Crippen LogP contribution in [0.25, 0.3) is 0 Å². The number of rotatable bonds is 4. The Bertz CT molecular complexity index is 552. The van der Waals surface area contributed by atoms with Crippen molar-refractivity contribution in [1.82, 2.24) is 0 Å². The Morgan fingerprint density at radius 1 is 1.05 bits per heavy atom. The van der Waals surface area contributed by atoms with Gasteiger partial charge in [0.25, 0.3) is 0 Å². The second-order valence-electron chi connectivity index (χ2n) is 4.47. The molecule has 0 saturated carbocycles. The Labute approximate surface area is 129 Å². The lowest BCUT2D eigenvalue weighted by atomic mass is 9.92. The van der Waals surface area contributed by atoms with Crippen molar-refractivity contribution in [3.63, 3.8) is 0 Å². The van der Waals surface area contributed by atoms with Crippen LogP contribution >= 0.6 is 31.9 Å². The largest absolute Gasteiger partial charge is 0.330 e. The molecule has 4 heteroatoms. The van der Waals surface area contributed by atoms with Gasteiger partial charge in [-0.15, -0.1) is 0 Å². The molecule has 1 unspecified atom stereocenters. The fourth-order valence-electron chi connectivity index (χ4n) is 2.11. The molecule has 2 N–H and O–H groups in total. The first-order valence-corrected chi connectivity index (χ1v) is 7.57. The first-order valence-electron chi connectivity index (χ1n) is 5.99. The zero-order chi connectivity index (χ0) is 13.8.